The van der Waals surface area contributed by atoms with E-state index in [4.69, 9.17) is 0 Å². The Bertz CT molecular complexity index is 246. The van der Waals surface area contributed by atoms with E-state index in [0.717, 1.165) is 26.2 Å². The molecule has 0 bridgehead atoms. The molecule has 86 valence electrons. The van der Waals surface area contributed by atoms with Crippen molar-refractivity contribution in [1.29, 1.82) is 0 Å². The van der Waals surface area contributed by atoms with E-state index in [1.165, 1.54) is 12.8 Å². The quantitative estimate of drug-likeness (QED) is 0.685. The Kier molecular flexibility index (Phi) is 2.98. The number of hydrogen-bond donors (Lipinski definition) is 1. The molecule has 4 heteroatoms. The van der Waals surface area contributed by atoms with Crippen LogP contribution in [0.25, 0.3) is 0 Å². The fourth-order valence-electron chi connectivity index (χ4n) is 2.66. The summed E-state index contributed by atoms with van der Waals surface area (Å²) in [4.78, 5) is 15.8. The summed E-state index contributed by atoms with van der Waals surface area (Å²) >= 11 is 0. The standard InChI is InChI=1S/C11H21N3O/c1-13(2)7-10(15)14-6-4-11(9-14)3-5-12-8-11/h12H,3-9H2,1-2H3. The van der Waals surface area contributed by atoms with E-state index < -0.39 is 0 Å². The molecule has 2 heterocycles. The maximum Gasteiger partial charge on any atom is 0.236 e. The van der Waals surface area contributed by atoms with E-state index in [1.54, 1.807) is 0 Å². The van der Waals surface area contributed by atoms with Crippen LogP contribution in [0, 0.1) is 5.41 Å². The molecule has 1 N–H and O–H groups in total. The minimum absolute atomic E-state index is 0.281. The normalized spacial score (nSPS) is 30.7. The fraction of sp³-hybridized carbons (Fsp3) is 0.909. The van der Waals surface area contributed by atoms with Crippen molar-refractivity contribution in [2.24, 2.45) is 5.41 Å². The molecule has 4 nitrogen and oxygen atoms in total. The molecular formula is C11H21N3O. The van der Waals surface area contributed by atoms with Crippen LogP contribution in [0.4, 0.5) is 0 Å². The van der Waals surface area contributed by atoms with Gasteiger partial charge < -0.3 is 15.1 Å². The highest BCUT2D eigenvalue weighted by Crippen LogP contribution is 2.35. The van der Waals surface area contributed by atoms with Gasteiger partial charge in [-0.2, -0.15) is 0 Å². The largest absolute Gasteiger partial charge is 0.341 e. The summed E-state index contributed by atoms with van der Waals surface area (Å²) in [6, 6.07) is 0. The Labute approximate surface area is 91.6 Å². The lowest BCUT2D eigenvalue weighted by Crippen LogP contribution is -2.38. The minimum Gasteiger partial charge on any atom is -0.341 e. The average Bonchev–Trinajstić information content (AvgIpc) is 2.76. The highest BCUT2D eigenvalue weighted by atomic mass is 16.2. The third-order valence-corrected chi connectivity index (χ3v) is 3.57. The summed E-state index contributed by atoms with van der Waals surface area (Å²) in [6.07, 6.45) is 2.41. The first-order valence-corrected chi connectivity index (χ1v) is 5.75. The topological polar surface area (TPSA) is 35.6 Å². The summed E-state index contributed by atoms with van der Waals surface area (Å²) in [7, 11) is 3.89. The van der Waals surface area contributed by atoms with E-state index in [2.05, 4.69) is 5.32 Å². The number of nitrogens with one attached hydrogen (secondary N) is 1. The smallest absolute Gasteiger partial charge is 0.236 e. The predicted octanol–water partition coefficient (Wildman–Crippen LogP) is -0.240. The lowest BCUT2D eigenvalue weighted by Gasteiger charge is -2.23. The van der Waals surface area contributed by atoms with Crippen molar-refractivity contribution in [3.05, 3.63) is 0 Å². The van der Waals surface area contributed by atoms with Crippen LogP contribution in [0.3, 0.4) is 0 Å². The van der Waals surface area contributed by atoms with Gasteiger partial charge in [0.25, 0.3) is 0 Å². The maximum atomic E-state index is 11.9. The zero-order valence-corrected chi connectivity index (χ0v) is 9.75. The third-order valence-electron chi connectivity index (χ3n) is 3.57. The van der Waals surface area contributed by atoms with Crippen LogP contribution in [-0.2, 0) is 4.79 Å². The molecule has 2 rings (SSSR count). The van der Waals surface area contributed by atoms with Gasteiger partial charge in [-0.3, -0.25) is 4.79 Å². The molecule has 15 heavy (non-hydrogen) atoms. The summed E-state index contributed by atoms with van der Waals surface area (Å²) in [5.74, 6) is 0.281. The lowest BCUT2D eigenvalue weighted by molar-refractivity contribution is -0.131. The van der Waals surface area contributed by atoms with Gasteiger partial charge in [0.05, 0.1) is 6.54 Å². The summed E-state index contributed by atoms with van der Waals surface area (Å²) in [5, 5.41) is 3.41. The molecule has 2 fully saturated rings. The van der Waals surface area contributed by atoms with Gasteiger partial charge in [-0.15, -0.1) is 0 Å². The van der Waals surface area contributed by atoms with Crippen molar-refractivity contribution >= 4 is 5.91 Å². The molecule has 2 aliphatic heterocycles. The minimum atomic E-state index is 0.281. The Balaban J connectivity index is 1.89. The summed E-state index contributed by atoms with van der Waals surface area (Å²) < 4.78 is 0. The van der Waals surface area contributed by atoms with Gasteiger partial charge in [-0.25, -0.2) is 0 Å². The molecule has 1 unspecified atom stereocenters. The highest BCUT2D eigenvalue weighted by molar-refractivity contribution is 5.78. The lowest BCUT2D eigenvalue weighted by atomic mass is 9.87. The third kappa shape index (κ3) is 2.32. The van der Waals surface area contributed by atoms with Gasteiger partial charge in [-0.05, 0) is 33.5 Å². The first-order chi connectivity index (χ1) is 7.11. The number of carbonyl (C=O) groups is 1. The van der Waals surface area contributed by atoms with Crippen molar-refractivity contribution in [2.75, 3.05) is 46.8 Å². The van der Waals surface area contributed by atoms with Gasteiger partial charge >= 0.3 is 0 Å². The van der Waals surface area contributed by atoms with E-state index >= 15 is 0 Å². The van der Waals surface area contributed by atoms with Gasteiger partial charge in [0.1, 0.15) is 0 Å². The molecule has 1 amide bonds. The number of likely N-dealkylation sites (tertiary alicyclic amines) is 1. The second-order valence-corrected chi connectivity index (χ2v) is 5.23. The molecule has 2 saturated heterocycles. The maximum absolute atomic E-state index is 11.9. The Hall–Kier alpha value is -0.610. The van der Waals surface area contributed by atoms with E-state index in [0.29, 0.717) is 12.0 Å². The van der Waals surface area contributed by atoms with Gasteiger partial charge in [0.2, 0.25) is 5.91 Å². The predicted molar refractivity (Wildman–Crippen MR) is 59.7 cm³/mol. The van der Waals surface area contributed by atoms with Crippen LogP contribution in [-0.4, -0.2) is 62.5 Å². The molecule has 0 aliphatic carbocycles. The molecule has 0 saturated carbocycles. The Morgan fingerprint density at radius 1 is 1.47 bits per heavy atom. The van der Waals surface area contributed by atoms with Gasteiger partial charge in [0.15, 0.2) is 0 Å². The number of nitrogens with zero attached hydrogens (tertiary/aromatic N) is 2. The first kappa shape index (κ1) is 10.9. The van der Waals surface area contributed by atoms with Crippen LogP contribution < -0.4 is 5.32 Å². The molecule has 0 aromatic carbocycles. The average molecular weight is 211 g/mol. The number of carbonyl (C=O) groups excluding carboxylic acids is 1. The molecule has 2 aliphatic rings. The monoisotopic (exact) mass is 211 g/mol. The number of amides is 1. The van der Waals surface area contributed by atoms with Crippen LogP contribution in [0.5, 0.6) is 0 Å². The number of hydrogen-bond acceptors (Lipinski definition) is 3. The molecule has 0 aromatic heterocycles. The van der Waals surface area contributed by atoms with Gasteiger partial charge in [-0.1, -0.05) is 0 Å². The van der Waals surface area contributed by atoms with Crippen LogP contribution in [0.2, 0.25) is 0 Å². The van der Waals surface area contributed by atoms with Gasteiger partial charge in [0, 0.05) is 25.0 Å². The zero-order valence-electron chi connectivity index (χ0n) is 9.75. The van der Waals surface area contributed by atoms with E-state index in [9.17, 15) is 4.79 Å². The molecule has 1 spiro atoms. The second-order valence-electron chi connectivity index (χ2n) is 5.23. The molecule has 0 radical (unpaired) electrons. The van der Waals surface area contributed by atoms with E-state index in [-0.39, 0.29) is 5.91 Å². The van der Waals surface area contributed by atoms with E-state index in [1.807, 2.05) is 23.9 Å². The van der Waals surface area contributed by atoms with Crippen molar-refractivity contribution in [3.63, 3.8) is 0 Å². The van der Waals surface area contributed by atoms with Crippen LogP contribution >= 0.6 is 0 Å². The highest BCUT2D eigenvalue weighted by Gasteiger charge is 2.41. The van der Waals surface area contributed by atoms with Crippen LogP contribution in [0.1, 0.15) is 12.8 Å². The Morgan fingerprint density at radius 2 is 2.27 bits per heavy atom. The Morgan fingerprint density at radius 3 is 2.87 bits per heavy atom. The summed E-state index contributed by atoms with van der Waals surface area (Å²) in [5.41, 5.74) is 0.405. The van der Waals surface area contributed by atoms with Crippen LogP contribution in [0.15, 0.2) is 0 Å². The zero-order chi connectivity index (χ0) is 10.9. The summed E-state index contributed by atoms with van der Waals surface area (Å²) in [6.45, 7) is 4.68. The number of likely N-dealkylation sites (N-methyl/N-ethyl adjacent to an activating group) is 1. The van der Waals surface area contributed by atoms with Crippen molar-refractivity contribution in [1.82, 2.24) is 15.1 Å². The van der Waals surface area contributed by atoms with Crippen molar-refractivity contribution < 1.29 is 4.79 Å². The fourth-order valence-corrected chi connectivity index (χ4v) is 2.66. The number of rotatable bonds is 2. The first-order valence-electron chi connectivity index (χ1n) is 5.75. The molecule has 0 aromatic rings. The molecule has 1 atom stereocenters. The van der Waals surface area contributed by atoms with Crippen molar-refractivity contribution in [3.8, 4) is 0 Å². The van der Waals surface area contributed by atoms with Crippen molar-refractivity contribution in [2.45, 2.75) is 12.8 Å². The molecular weight excluding hydrogens is 190 g/mol. The second kappa shape index (κ2) is 4.10. The SMILES string of the molecule is CN(C)CC(=O)N1CCC2(CCNC2)C1.